The lowest BCUT2D eigenvalue weighted by Crippen LogP contribution is -2.48. The Kier molecular flexibility index (Phi) is 6.49. The van der Waals surface area contributed by atoms with Gasteiger partial charge in [-0.3, -0.25) is 4.79 Å². The van der Waals surface area contributed by atoms with E-state index in [2.05, 4.69) is 22.4 Å². The Balaban J connectivity index is 0.00000176. The molecule has 2 aliphatic carbocycles. The highest BCUT2D eigenvalue weighted by molar-refractivity contribution is 8.01. The van der Waals surface area contributed by atoms with Crippen LogP contribution in [-0.4, -0.2) is 27.9 Å². The van der Waals surface area contributed by atoms with E-state index in [9.17, 15) is 4.79 Å². The van der Waals surface area contributed by atoms with Crippen molar-refractivity contribution >= 4 is 46.5 Å². The number of aromatic nitrogens is 2. The van der Waals surface area contributed by atoms with Crippen LogP contribution in [0, 0.1) is 17.8 Å². The van der Waals surface area contributed by atoms with Gasteiger partial charge in [0.25, 0.3) is 0 Å². The van der Waals surface area contributed by atoms with Gasteiger partial charge in [0, 0.05) is 12.0 Å². The van der Waals surface area contributed by atoms with Crippen LogP contribution in [0.25, 0.3) is 0 Å². The van der Waals surface area contributed by atoms with Crippen molar-refractivity contribution in [3.63, 3.8) is 0 Å². The molecule has 3 N–H and O–H groups in total. The number of fused-ring (bicyclic) bond motifs is 2. The smallest absolute Gasteiger partial charge is 0.229 e. The predicted molar refractivity (Wildman–Crippen MR) is 93.7 cm³/mol. The average Bonchev–Trinajstić information content (AvgIpc) is 2.86. The van der Waals surface area contributed by atoms with Gasteiger partial charge < -0.3 is 11.1 Å². The summed E-state index contributed by atoms with van der Waals surface area (Å²) in [6.45, 7) is 2.08. The molecule has 1 aromatic heterocycles. The average molecular weight is 363 g/mol. The summed E-state index contributed by atoms with van der Waals surface area (Å²) in [5.41, 5.74) is 6.28. The molecule has 2 unspecified atom stereocenters. The van der Waals surface area contributed by atoms with E-state index in [0.29, 0.717) is 23.0 Å². The Morgan fingerprint density at radius 2 is 2.05 bits per heavy atom. The molecule has 0 aliphatic heterocycles. The van der Waals surface area contributed by atoms with E-state index in [1.807, 2.05) is 0 Å². The van der Waals surface area contributed by atoms with Crippen molar-refractivity contribution in [3.05, 3.63) is 0 Å². The minimum absolute atomic E-state index is 0. The maximum atomic E-state index is 12.5. The summed E-state index contributed by atoms with van der Waals surface area (Å²) in [6.07, 6.45) is 5.48. The van der Waals surface area contributed by atoms with Crippen LogP contribution < -0.4 is 11.1 Å². The lowest BCUT2D eigenvalue weighted by atomic mass is 9.65. The lowest BCUT2D eigenvalue weighted by Gasteiger charge is -2.43. The van der Waals surface area contributed by atoms with Crippen LogP contribution in [0.4, 0.5) is 5.13 Å². The first kappa shape index (κ1) is 18.0. The van der Waals surface area contributed by atoms with Crippen molar-refractivity contribution in [2.75, 3.05) is 11.1 Å². The van der Waals surface area contributed by atoms with E-state index in [-0.39, 0.29) is 24.2 Å². The first-order valence-corrected chi connectivity index (χ1v) is 9.50. The number of thioether (sulfide) groups is 1. The van der Waals surface area contributed by atoms with Crippen LogP contribution >= 0.6 is 35.5 Å². The van der Waals surface area contributed by atoms with Crippen molar-refractivity contribution in [2.24, 2.45) is 23.5 Å². The van der Waals surface area contributed by atoms with Crippen LogP contribution in [0.15, 0.2) is 4.34 Å². The van der Waals surface area contributed by atoms with E-state index in [1.165, 1.54) is 30.6 Å². The van der Waals surface area contributed by atoms with Crippen LogP contribution in [0.2, 0.25) is 0 Å². The number of nitrogens with one attached hydrogen (secondary N) is 1. The molecule has 124 valence electrons. The maximum absolute atomic E-state index is 12.5. The highest BCUT2D eigenvalue weighted by atomic mass is 35.5. The van der Waals surface area contributed by atoms with Gasteiger partial charge in [-0.25, -0.2) is 0 Å². The molecule has 1 heterocycles. The molecule has 22 heavy (non-hydrogen) atoms. The van der Waals surface area contributed by atoms with Gasteiger partial charge in [0.1, 0.15) is 0 Å². The molecule has 0 spiro atoms. The maximum Gasteiger partial charge on any atom is 0.229 e. The van der Waals surface area contributed by atoms with Gasteiger partial charge >= 0.3 is 0 Å². The van der Waals surface area contributed by atoms with Crippen LogP contribution in [0.1, 0.15) is 39.0 Å². The second-order valence-corrected chi connectivity index (χ2v) is 8.48. The number of amides is 1. The number of nitrogens with two attached hydrogens (primary N) is 1. The van der Waals surface area contributed by atoms with Gasteiger partial charge in [-0.1, -0.05) is 36.4 Å². The Labute approximate surface area is 145 Å². The zero-order valence-electron chi connectivity index (χ0n) is 12.7. The zero-order chi connectivity index (χ0) is 14.8. The van der Waals surface area contributed by atoms with Crippen LogP contribution in [-0.2, 0) is 4.79 Å². The number of rotatable bonds is 4. The first-order valence-electron chi connectivity index (χ1n) is 7.70. The molecule has 0 saturated heterocycles. The standard InChI is InChI=1S/C14H22N4OS2.ClH/c1-2-20-14-18-17-13(21-14)16-12(19)10-6-8-4-3-5-9(7-10)11(8)15;/h8-11H,2-7,15H2,1H3,(H,16,17,19);1H. The highest BCUT2D eigenvalue weighted by Crippen LogP contribution is 2.42. The summed E-state index contributed by atoms with van der Waals surface area (Å²) >= 11 is 3.11. The third-order valence-electron chi connectivity index (χ3n) is 4.69. The molecule has 2 atom stereocenters. The Morgan fingerprint density at radius 3 is 2.68 bits per heavy atom. The molecular weight excluding hydrogens is 340 g/mol. The first-order chi connectivity index (χ1) is 10.2. The molecular formula is C14H23ClN4OS2. The number of anilines is 1. The Hall–Kier alpha value is -0.370. The summed E-state index contributed by atoms with van der Waals surface area (Å²) in [6, 6.07) is 0.303. The Bertz CT molecular complexity index is 499. The minimum Gasteiger partial charge on any atom is -0.327 e. The van der Waals surface area contributed by atoms with Crippen molar-refractivity contribution in [1.29, 1.82) is 0 Å². The quantitative estimate of drug-likeness (QED) is 0.635. The number of hydrogen-bond donors (Lipinski definition) is 2. The normalized spacial score (nSPS) is 30.5. The molecule has 5 nitrogen and oxygen atoms in total. The summed E-state index contributed by atoms with van der Waals surface area (Å²) in [4.78, 5) is 12.5. The van der Waals surface area contributed by atoms with Crippen LogP contribution in [0.5, 0.6) is 0 Å². The highest BCUT2D eigenvalue weighted by Gasteiger charge is 2.40. The van der Waals surface area contributed by atoms with E-state index in [1.54, 1.807) is 11.8 Å². The third kappa shape index (κ3) is 3.93. The summed E-state index contributed by atoms with van der Waals surface area (Å²) in [7, 11) is 0. The lowest BCUT2D eigenvalue weighted by molar-refractivity contribution is -0.122. The topological polar surface area (TPSA) is 80.9 Å². The third-order valence-corrected chi connectivity index (χ3v) is 6.54. The van der Waals surface area contributed by atoms with Crippen molar-refractivity contribution < 1.29 is 4.79 Å². The fourth-order valence-electron chi connectivity index (χ4n) is 3.65. The Morgan fingerprint density at radius 1 is 1.36 bits per heavy atom. The summed E-state index contributed by atoms with van der Waals surface area (Å²) < 4.78 is 0.912. The predicted octanol–water partition coefficient (Wildman–Crippen LogP) is 3.16. The zero-order valence-corrected chi connectivity index (χ0v) is 15.1. The van der Waals surface area contributed by atoms with E-state index in [0.717, 1.165) is 22.9 Å². The van der Waals surface area contributed by atoms with Crippen LogP contribution in [0.3, 0.4) is 0 Å². The minimum atomic E-state index is 0. The number of hydrogen-bond acceptors (Lipinski definition) is 6. The molecule has 8 heteroatoms. The number of carbonyl (C=O) groups is 1. The van der Waals surface area contributed by atoms with Gasteiger partial charge in [-0.15, -0.1) is 22.6 Å². The van der Waals surface area contributed by atoms with Gasteiger partial charge in [-0.05, 0) is 43.3 Å². The molecule has 3 rings (SSSR count). The molecule has 2 aliphatic rings. The fraction of sp³-hybridized carbons (Fsp3) is 0.786. The monoisotopic (exact) mass is 362 g/mol. The van der Waals surface area contributed by atoms with Crippen molar-refractivity contribution in [3.8, 4) is 0 Å². The van der Waals surface area contributed by atoms with E-state index >= 15 is 0 Å². The molecule has 2 bridgehead atoms. The van der Waals surface area contributed by atoms with Gasteiger partial charge in [0.15, 0.2) is 4.34 Å². The van der Waals surface area contributed by atoms with Crippen molar-refractivity contribution in [1.82, 2.24) is 10.2 Å². The van der Waals surface area contributed by atoms with Gasteiger partial charge in [-0.2, -0.15) is 0 Å². The molecule has 2 fully saturated rings. The molecule has 1 amide bonds. The van der Waals surface area contributed by atoms with Gasteiger partial charge in [0.05, 0.1) is 0 Å². The largest absolute Gasteiger partial charge is 0.327 e. The van der Waals surface area contributed by atoms with Gasteiger partial charge in [0.2, 0.25) is 11.0 Å². The molecule has 1 aromatic rings. The number of nitrogens with zero attached hydrogens (tertiary/aromatic N) is 2. The molecule has 2 saturated carbocycles. The number of halogens is 1. The second-order valence-electron chi connectivity index (χ2n) is 5.99. The van der Waals surface area contributed by atoms with Crippen molar-refractivity contribution in [2.45, 2.75) is 49.4 Å². The molecule has 0 aromatic carbocycles. The number of carbonyl (C=O) groups excluding carboxylic acids is 1. The van der Waals surface area contributed by atoms with E-state index < -0.39 is 0 Å². The second kappa shape index (κ2) is 7.95. The summed E-state index contributed by atoms with van der Waals surface area (Å²) in [5, 5.41) is 11.7. The SMILES string of the molecule is CCSc1nnc(NC(=O)C2CC3CCCC(C2)C3N)s1.Cl. The van der Waals surface area contributed by atoms with E-state index in [4.69, 9.17) is 5.73 Å². The fourth-order valence-corrected chi connectivity index (χ4v) is 5.30. The molecule has 0 radical (unpaired) electrons. The summed E-state index contributed by atoms with van der Waals surface area (Å²) in [5.74, 6) is 2.20.